The Morgan fingerprint density at radius 3 is 1.33 bits per heavy atom. The lowest BCUT2D eigenvalue weighted by atomic mass is 10.0. The molecule has 3 atom stereocenters. The molecule has 364 valence electrons. The second-order valence-corrected chi connectivity index (χ2v) is 17.9. The van der Waals surface area contributed by atoms with Gasteiger partial charge in [-0.25, -0.2) is 4.57 Å². The number of ether oxygens (including phenoxy) is 2. The fourth-order valence-corrected chi connectivity index (χ4v) is 7.27. The van der Waals surface area contributed by atoms with Gasteiger partial charge >= 0.3 is 19.8 Å². The van der Waals surface area contributed by atoms with Crippen molar-refractivity contribution < 1.29 is 47.8 Å². The van der Waals surface area contributed by atoms with E-state index in [1.165, 1.54) is 109 Å². The molecule has 0 fully saturated rings. The van der Waals surface area contributed by atoms with Gasteiger partial charge in [-0.3, -0.25) is 18.6 Å². The maximum atomic E-state index is 12.6. The minimum absolute atomic E-state index is 0.0973. The molecule has 63 heavy (non-hydrogen) atoms. The molecule has 0 saturated heterocycles. The maximum Gasteiger partial charge on any atom is 0.472 e. The summed E-state index contributed by atoms with van der Waals surface area (Å²) in [5, 5.41) is 18.4. The summed E-state index contributed by atoms with van der Waals surface area (Å²) in [6.45, 7) is 2.26. The Balaban J connectivity index is 4.32. The van der Waals surface area contributed by atoms with Gasteiger partial charge in [0.25, 0.3) is 0 Å². The topological polar surface area (TPSA) is 149 Å². The van der Waals surface area contributed by atoms with E-state index < -0.39 is 51.8 Å². The lowest BCUT2D eigenvalue weighted by molar-refractivity contribution is -0.161. The lowest BCUT2D eigenvalue weighted by Crippen LogP contribution is -2.29. The first-order valence-corrected chi connectivity index (χ1v) is 26.4. The summed E-state index contributed by atoms with van der Waals surface area (Å²) in [7, 11) is -4.65. The standard InChI is InChI=1S/C52H91O10P/c1-3-5-7-9-11-13-15-17-19-21-22-23-24-25-26-28-29-31-33-35-37-39-41-43-51(55)59-47-50(48-61-63(57,58)60-46-49(54)45-53)62-52(56)44-42-40-38-36-34-32-30-27-20-18-16-14-12-10-8-6-4-2/h12,14,18,20,28-30,32,35-38,49-50,53-54H,3-11,13,15-17,19,21-27,31,33-34,39-48H2,1-2H3,(H,57,58)/b14-12+,20-18+,29-28+,32-30+,37-35+,38-36+/t49-,50+/m1/s1. The number of allylic oxidation sites excluding steroid dienone is 12. The van der Waals surface area contributed by atoms with Gasteiger partial charge in [0, 0.05) is 12.8 Å². The zero-order valence-corrected chi connectivity index (χ0v) is 40.7. The Morgan fingerprint density at radius 2 is 0.841 bits per heavy atom. The SMILES string of the molecule is CCCCC/C=C/C/C=C/C/C=C/C/C=C/CCCC(=O)O[C@@H](COC(=O)CCC/C=C/CC/C=C/CCCCCCCCCCCCCCCC)COP(=O)(O)OC[C@H](O)CO. The third kappa shape index (κ3) is 47.2. The Hall–Kier alpha value is -2.59. The second kappa shape index (κ2) is 47.4. The van der Waals surface area contributed by atoms with Gasteiger partial charge in [-0.1, -0.05) is 183 Å². The van der Waals surface area contributed by atoms with E-state index in [-0.39, 0.29) is 19.4 Å². The lowest BCUT2D eigenvalue weighted by Gasteiger charge is -2.20. The van der Waals surface area contributed by atoms with Crippen molar-refractivity contribution in [3.8, 4) is 0 Å². The van der Waals surface area contributed by atoms with Crippen LogP contribution in [0.15, 0.2) is 72.9 Å². The molecule has 0 aromatic carbocycles. The smallest absolute Gasteiger partial charge is 0.462 e. The van der Waals surface area contributed by atoms with Crippen LogP contribution in [-0.4, -0.2) is 65.7 Å². The predicted molar refractivity (Wildman–Crippen MR) is 260 cm³/mol. The molecule has 0 bridgehead atoms. The fourth-order valence-electron chi connectivity index (χ4n) is 6.48. The van der Waals surface area contributed by atoms with Gasteiger partial charge in [0.05, 0.1) is 19.8 Å². The quantitative estimate of drug-likeness (QED) is 0.0233. The third-order valence-electron chi connectivity index (χ3n) is 10.3. The van der Waals surface area contributed by atoms with Crippen molar-refractivity contribution in [2.75, 3.05) is 26.4 Å². The minimum atomic E-state index is -4.65. The summed E-state index contributed by atoms with van der Waals surface area (Å²) in [6, 6.07) is 0. The molecule has 0 aliphatic carbocycles. The van der Waals surface area contributed by atoms with Crippen LogP contribution >= 0.6 is 7.82 Å². The molecule has 0 aliphatic rings. The van der Waals surface area contributed by atoms with Gasteiger partial charge in [-0.05, 0) is 83.5 Å². The minimum Gasteiger partial charge on any atom is -0.462 e. The van der Waals surface area contributed by atoms with Gasteiger partial charge < -0.3 is 24.6 Å². The highest BCUT2D eigenvalue weighted by molar-refractivity contribution is 7.47. The summed E-state index contributed by atoms with van der Waals surface area (Å²) < 4.78 is 32.7. The normalized spacial score (nSPS) is 14.3. The van der Waals surface area contributed by atoms with Crippen molar-refractivity contribution in [2.45, 2.75) is 219 Å². The number of phosphoric acid groups is 1. The molecule has 0 radical (unpaired) electrons. The highest BCUT2D eigenvalue weighted by Gasteiger charge is 2.27. The molecule has 0 aliphatic heterocycles. The summed E-state index contributed by atoms with van der Waals surface area (Å²) >= 11 is 0. The predicted octanol–water partition coefficient (Wildman–Crippen LogP) is 14.0. The summed E-state index contributed by atoms with van der Waals surface area (Å²) in [4.78, 5) is 35.1. The number of rotatable bonds is 46. The molecular formula is C52H91O10P. The van der Waals surface area contributed by atoms with Crippen molar-refractivity contribution in [2.24, 2.45) is 0 Å². The van der Waals surface area contributed by atoms with E-state index in [1.54, 1.807) is 0 Å². The Kier molecular flexibility index (Phi) is 45.4. The first kappa shape index (κ1) is 60.4. The molecule has 0 rings (SSSR count). The molecule has 1 unspecified atom stereocenters. The summed E-state index contributed by atoms with van der Waals surface area (Å²) in [5.74, 6) is -1.04. The Bertz CT molecular complexity index is 1270. The molecule has 0 spiro atoms. The molecule has 3 N–H and O–H groups in total. The molecule has 0 aromatic heterocycles. The molecule has 0 saturated carbocycles. The van der Waals surface area contributed by atoms with Crippen LogP contribution in [0.5, 0.6) is 0 Å². The van der Waals surface area contributed by atoms with Crippen molar-refractivity contribution in [3.05, 3.63) is 72.9 Å². The summed E-state index contributed by atoms with van der Waals surface area (Å²) in [6.07, 6.45) is 56.1. The zero-order valence-electron chi connectivity index (χ0n) is 39.8. The first-order valence-electron chi connectivity index (χ1n) is 24.9. The van der Waals surface area contributed by atoms with E-state index in [0.717, 1.165) is 51.4 Å². The van der Waals surface area contributed by atoms with Gasteiger partial charge in [0.1, 0.15) is 12.7 Å². The van der Waals surface area contributed by atoms with E-state index in [9.17, 15) is 24.2 Å². The van der Waals surface area contributed by atoms with Gasteiger partial charge in [-0.15, -0.1) is 0 Å². The number of esters is 2. The number of unbranched alkanes of at least 4 members (excludes halogenated alkanes) is 20. The average Bonchev–Trinajstić information content (AvgIpc) is 3.27. The number of carbonyl (C=O) groups is 2. The van der Waals surface area contributed by atoms with Crippen molar-refractivity contribution in [3.63, 3.8) is 0 Å². The van der Waals surface area contributed by atoms with Crippen molar-refractivity contribution >= 4 is 19.8 Å². The summed E-state index contributed by atoms with van der Waals surface area (Å²) in [5.41, 5.74) is 0. The highest BCUT2D eigenvalue weighted by Crippen LogP contribution is 2.43. The molecule has 10 nitrogen and oxygen atoms in total. The number of aliphatic hydroxyl groups excluding tert-OH is 2. The number of hydrogen-bond donors (Lipinski definition) is 3. The third-order valence-corrected chi connectivity index (χ3v) is 11.3. The molecule has 0 amide bonds. The highest BCUT2D eigenvalue weighted by atomic mass is 31.2. The first-order chi connectivity index (χ1) is 30.7. The second-order valence-electron chi connectivity index (χ2n) is 16.5. The van der Waals surface area contributed by atoms with Gasteiger partial charge in [0.15, 0.2) is 6.10 Å². The van der Waals surface area contributed by atoms with Gasteiger partial charge in [0.2, 0.25) is 0 Å². The van der Waals surface area contributed by atoms with Crippen LogP contribution in [0.2, 0.25) is 0 Å². The van der Waals surface area contributed by atoms with Gasteiger partial charge in [-0.2, -0.15) is 0 Å². The van der Waals surface area contributed by atoms with Crippen LogP contribution < -0.4 is 0 Å². The molecule has 11 heteroatoms. The van der Waals surface area contributed by atoms with E-state index in [0.29, 0.717) is 19.3 Å². The monoisotopic (exact) mass is 907 g/mol. The van der Waals surface area contributed by atoms with Crippen LogP contribution in [0.25, 0.3) is 0 Å². The molecule has 0 aromatic rings. The maximum absolute atomic E-state index is 12.6. The fraction of sp³-hybridized carbons (Fsp3) is 0.731. The largest absolute Gasteiger partial charge is 0.472 e. The van der Waals surface area contributed by atoms with Crippen molar-refractivity contribution in [1.82, 2.24) is 0 Å². The van der Waals surface area contributed by atoms with Crippen LogP contribution in [-0.2, 0) is 32.7 Å². The van der Waals surface area contributed by atoms with E-state index in [1.807, 2.05) is 12.2 Å². The van der Waals surface area contributed by atoms with Crippen LogP contribution in [0.3, 0.4) is 0 Å². The van der Waals surface area contributed by atoms with Crippen molar-refractivity contribution in [1.29, 1.82) is 0 Å². The number of phosphoric ester groups is 1. The Morgan fingerprint density at radius 1 is 0.476 bits per heavy atom. The number of hydrogen-bond acceptors (Lipinski definition) is 9. The van der Waals surface area contributed by atoms with Crippen LogP contribution in [0.4, 0.5) is 0 Å². The number of carbonyl (C=O) groups excluding carboxylic acids is 2. The van der Waals surface area contributed by atoms with Crippen LogP contribution in [0, 0.1) is 0 Å². The van der Waals surface area contributed by atoms with E-state index in [4.69, 9.17) is 19.1 Å². The average molecular weight is 907 g/mol. The van der Waals surface area contributed by atoms with Crippen LogP contribution in [0.1, 0.15) is 206 Å². The zero-order chi connectivity index (χ0) is 46.2. The van der Waals surface area contributed by atoms with E-state index in [2.05, 4.69) is 79.1 Å². The number of aliphatic hydroxyl groups is 2. The van der Waals surface area contributed by atoms with E-state index >= 15 is 0 Å². The Labute approximate surface area is 384 Å². The molecular weight excluding hydrogens is 816 g/mol. The molecule has 0 heterocycles.